The Hall–Kier alpha value is -0.0600. The SMILES string of the molecule is Oc1ccc(Br)c2c(CBr)csc12. The average molecular weight is 322 g/mol. The number of benzene rings is 1. The van der Waals surface area contributed by atoms with Gasteiger partial charge in [0, 0.05) is 15.2 Å². The van der Waals surface area contributed by atoms with E-state index in [4.69, 9.17) is 0 Å². The molecular weight excluding hydrogens is 316 g/mol. The van der Waals surface area contributed by atoms with E-state index >= 15 is 0 Å². The minimum atomic E-state index is 0.357. The van der Waals surface area contributed by atoms with Crippen molar-refractivity contribution in [3.8, 4) is 5.75 Å². The van der Waals surface area contributed by atoms with E-state index in [1.54, 1.807) is 17.4 Å². The van der Waals surface area contributed by atoms with Gasteiger partial charge < -0.3 is 5.11 Å². The van der Waals surface area contributed by atoms with Crippen molar-refractivity contribution in [3.63, 3.8) is 0 Å². The second kappa shape index (κ2) is 3.59. The monoisotopic (exact) mass is 320 g/mol. The van der Waals surface area contributed by atoms with Crippen molar-refractivity contribution in [2.75, 3.05) is 0 Å². The van der Waals surface area contributed by atoms with E-state index in [1.807, 2.05) is 6.07 Å². The summed E-state index contributed by atoms with van der Waals surface area (Å²) in [5.41, 5.74) is 1.21. The van der Waals surface area contributed by atoms with Gasteiger partial charge in [0.15, 0.2) is 0 Å². The van der Waals surface area contributed by atoms with E-state index in [-0.39, 0.29) is 0 Å². The molecule has 1 nitrogen and oxygen atoms in total. The Morgan fingerprint density at radius 3 is 2.85 bits per heavy atom. The normalized spacial score (nSPS) is 10.9. The highest BCUT2D eigenvalue weighted by Gasteiger charge is 2.09. The number of hydrogen-bond donors (Lipinski definition) is 1. The van der Waals surface area contributed by atoms with Crippen molar-refractivity contribution in [2.45, 2.75) is 5.33 Å². The number of fused-ring (bicyclic) bond motifs is 1. The van der Waals surface area contributed by atoms with Crippen LogP contribution < -0.4 is 0 Å². The van der Waals surface area contributed by atoms with E-state index in [0.717, 1.165) is 19.9 Å². The number of halogens is 2. The van der Waals surface area contributed by atoms with E-state index in [0.29, 0.717) is 5.75 Å². The van der Waals surface area contributed by atoms with Crippen molar-refractivity contribution in [3.05, 3.63) is 27.5 Å². The van der Waals surface area contributed by atoms with Crippen LogP contribution in [0.25, 0.3) is 10.1 Å². The van der Waals surface area contributed by atoms with Crippen LogP contribution in [0.3, 0.4) is 0 Å². The number of phenols is 1. The minimum absolute atomic E-state index is 0.357. The summed E-state index contributed by atoms with van der Waals surface area (Å²) in [6.45, 7) is 0. The number of hydrogen-bond acceptors (Lipinski definition) is 2. The summed E-state index contributed by atoms with van der Waals surface area (Å²) in [6, 6.07) is 3.58. The molecule has 0 atom stereocenters. The van der Waals surface area contributed by atoms with Crippen LogP contribution in [0.5, 0.6) is 5.75 Å². The van der Waals surface area contributed by atoms with Gasteiger partial charge in [-0.25, -0.2) is 0 Å². The molecule has 1 aromatic heterocycles. The van der Waals surface area contributed by atoms with Gasteiger partial charge in [-0.3, -0.25) is 0 Å². The lowest BCUT2D eigenvalue weighted by atomic mass is 10.2. The van der Waals surface area contributed by atoms with Crippen LogP contribution in [0.15, 0.2) is 22.0 Å². The zero-order valence-corrected chi connectivity index (χ0v) is 10.5. The molecule has 13 heavy (non-hydrogen) atoms. The van der Waals surface area contributed by atoms with Crippen molar-refractivity contribution >= 4 is 53.3 Å². The zero-order valence-electron chi connectivity index (χ0n) is 6.55. The molecule has 1 aromatic carbocycles. The highest BCUT2D eigenvalue weighted by atomic mass is 79.9. The van der Waals surface area contributed by atoms with E-state index in [2.05, 4.69) is 37.2 Å². The van der Waals surface area contributed by atoms with Crippen LogP contribution in [0.4, 0.5) is 0 Å². The standard InChI is InChI=1S/C9H6Br2OS/c10-3-5-4-13-9-7(12)2-1-6(11)8(5)9/h1-2,4,12H,3H2. The molecule has 0 unspecified atom stereocenters. The van der Waals surface area contributed by atoms with Gasteiger partial charge in [0.25, 0.3) is 0 Å². The maximum atomic E-state index is 9.58. The molecule has 0 aliphatic rings. The lowest BCUT2D eigenvalue weighted by molar-refractivity contribution is 0.482. The quantitative estimate of drug-likeness (QED) is 0.778. The summed E-state index contributed by atoms with van der Waals surface area (Å²) in [6.07, 6.45) is 0. The second-order valence-electron chi connectivity index (χ2n) is 2.67. The third kappa shape index (κ3) is 1.51. The predicted molar refractivity (Wildman–Crippen MR) is 63.8 cm³/mol. The molecule has 0 spiro atoms. The maximum Gasteiger partial charge on any atom is 0.133 e. The Kier molecular flexibility index (Phi) is 2.62. The maximum absolute atomic E-state index is 9.58. The molecule has 4 heteroatoms. The van der Waals surface area contributed by atoms with E-state index < -0.39 is 0 Å². The van der Waals surface area contributed by atoms with Crippen LogP contribution in [0.2, 0.25) is 0 Å². The van der Waals surface area contributed by atoms with Gasteiger partial charge in [0.05, 0.1) is 4.70 Å². The Morgan fingerprint density at radius 1 is 1.38 bits per heavy atom. The largest absolute Gasteiger partial charge is 0.506 e. The molecule has 2 rings (SSSR count). The molecule has 0 bridgehead atoms. The number of rotatable bonds is 1. The summed E-state index contributed by atoms with van der Waals surface area (Å²) in [4.78, 5) is 0. The number of alkyl halides is 1. The summed E-state index contributed by atoms with van der Waals surface area (Å²) in [7, 11) is 0. The van der Waals surface area contributed by atoms with Crippen LogP contribution in [0.1, 0.15) is 5.56 Å². The molecule has 0 saturated heterocycles. The van der Waals surface area contributed by atoms with E-state index in [1.165, 1.54) is 5.56 Å². The van der Waals surface area contributed by atoms with Gasteiger partial charge in [0.1, 0.15) is 5.75 Å². The first kappa shape index (κ1) is 9.49. The lowest BCUT2D eigenvalue weighted by Gasteiger charge is -1.99. The predicted octanol–water partition coefficient (Wildman–Crippen LogP) is 4.26. The summed E-state index contributed by atoms with van der Waals surface area (Å²) in [5, 5.41) is 13.6. The van der Waals surface area contributed by atoms with Gasteiger partial charge in [-0.05, 0) is 23.1 Å². The van der Waals surface area contributed by atoms with Gasteiger partial charge >= 0.3 is 0 Å². The molecule has 1 heterocycles. The molecule has 0 aliphatic carbocycles. The van der Waals surface area contributed by atoms with Crippen molar-refractivity contribution < 1.29 is 5.11 Å². The van der Waals surface area contributed by atoms with Crippen LogP contribution in [0, 0.1) is 0 Å². The summed E-state index contributed by atoms with van der Waals surface area (Å²) >= 11 is 8.47. The molecule has 0 saturated carbocycles. The molecule has 0 radical (unpaired) electrons. The number of phenolic OH excluding ortho intramolecular Hbond substituents is 1. The first-order chi connectivity index (χ1) is 6.24. The topological polar surface area (TPSA) is 20.2 Å². The number of aromatic hydroxyl groups is 1. The smallest absolute Gasteiger partial charge is 0.133 e. The summed E-state index contributed by atoms with van der Waals surface area (Å²) in [5.74, 6) is 0.357. The van der Waals surface area contributed by atoms with Crippen molar-refractivity contribution in [1.82, 2.24) is 0 Å². The fourth-order valence-corrected chi connectivity index (χ4v) is 3.64. The number of thiophene rings is 1. The van der Waals surface area contributed by atoms with Gasteiger partial charge in [-0.15, -0.1) is 11.3 Å². The Balaban J connectivity index is 2.87. The molecule has 0 fully saturated rings. The highest BCUT2D eigenvalue weighted by Crippen LogP contribution is 2.38. The molecule has 1 N–H and O–H groups in total. The zero-order chi connectivity index (χ0) is 9.42. The average Bonchev–Trinajstić information content (AvgIpc) is 2.56. The highest BCUT2D eigenvalue weighted by molar-refractivity contribution is 9.10. The van der Waals surface area contributed by atoms with E-state index in [9.17, 15) is 5.11 Å². The summed E-state index contributed by atoms with van der Waals surface area (Å²) < 4.78 is 1.99. The van der Waals surface area contributed by atoms with Gasteiger partial charge in [0.2, 0.25) is 0 Å². The fraction of sp³-hybridized carbons (Fsp3) is 0.111. The van der Waals surface area contributed by atoms with Crippen LogP contribution >= 0.6 is 43.2 Å². The third-order valence-electron chi connectivity index (χ3n) is 1.87. The minimum Gasteiger partial charge on any atom is -0.506 e. The molecule has 0 amide bonds. The fourth-order valence-electron chi connectivity index (χ4n) is 1.25. The molecular formula is C9H6Br2OS. The van der Waals surface area contributed by atoms with Gasteiger partial charge in [-0.2, -0.15) is 0 Å². The molecule has 2 aromatic rings. The van der Waals surface area contributed by atoms with Crippen LogP contribution in [-0.2, 0) is 5.33 Å². The van der Waals surface area contributed by atoms with Crippen molar-refractivity contribution in [1.29, 1.82) is 0 Å². The Morgan fingerprint density at radius 2 is 2.15 bits per heavy atom. The molecule has 0 aliphatic heterocycles. The molecule has 68 valence electrons. The van der Waals surface area contributed by atoms with Crippen LogP contribution in [-0.4, -0.2) is 5.11 Å². The van der Waals surface area contributed by atoms with Gasteiger partial charge in [-0.1, -0.05) is 31.9 Å². The first-order valence-corrected chi connectivity index (χ1v) is 6.47. The lowest BCUT2D eigenvalue weighted by Crippen LogP contribution is -1.75. The Labute approximate surface area is 96.6 Å². The third-order valence-corrected chi connectivity index (χ3v) is 4.19. The second-order valence-corrected chi connectivity index (χ2v) is 4.96. The van der Waals surface area contributed by atoms with Crippen molar-refractivity contribution in [2.24, 2.45) is 0 Å². The Bertz CT molecular complexity index is 450. The first-order valence-electron chi connectivity index (χ1n) is 3.67.